The third-order valence-corrected chi connectivity index (χ3v) is 14.1. The Morgan fingerprint density at radius 3 is 2.39 bits per heavy atom. The largest absolute Gasteiger partial charge is 0.459 e. The second-order valence-corrected chi connectivity index (χ2v) is 19.3. The zero-order chi connectivity index (χ0) is 43.0. The summed E-state index contributed by atoms with van der Waals surface area (Å²) in [6.07, 6.45) is -2.13. The molecule has 0 radical (unpaired) electrons. The molecule has 4 fully saturated rings. The second-order valence-electron chi connectivity index (χ2n) is 19.3. The number of hydrogen-bond donors (Lipinski definition) is 3. The fourth-order valence-electron chi connectivity index (χ4n) is 10.6. The summed E-state index contributed by atoms with van der Waals surface area (Å²) in [5, 5.41) is 36.3. The van der Waals surface area contributed by atoms with Gasteiger partial charge >= 0.3 is 5.97 Å². The van der Waals surface area contributed by atoms with E-state index >= 15 is 0 Å². The predicted octanol–water partition coefficient (Wildman–Crippen LogP) is 4.62. The lowest BCUT2D eigenvalue weighted by molar-refractivity contribution is -0.332. The first-order valence-corrected chi connectivity index (χ1v) is 22.2. The number of likely N-dealkylation sites (N-methyl/N-ethyl adjacent to an activating group) is 2. The summed E-state index contributed by atoms with van der Waals surface area (Å²) in [4.78, 5) is 25.8. The summed E-state index contributed by atoms with van der Waals surface area (Å²) in [6.45, 7) is 18.3. The van der Waals surface area contributed by atoms with Crippen molar-refractivity contribution in [2.45, 2.75) is 166 Å². The van der Waals surface area contributed by atoms with Gasteiger partial charge in [0, 0.05) is 74.5 Å². The molecule has 13 heteroatoms. The minimum atomic E-state index is -1.71. The van der Waals surface area contributed by atoms with Crippen LogP contribution in [0.2, 0.25) is 0 Å². The summed E-state index contributed by atoms with van der Waals surface area (Å²) in [7, 11) is 5.86. The number of benzene rings is 1. The molecule has 4 saturated heterocycles. The van der Waals surface area contributed by atoms with Gasteiger partial charge in [0.2, 0.25) is 0 Å². The van der Waals surface area contributed by atoms with Crippen LogP contribution in [-0.4, -0.2) is 160 Å². The first kappa shape index (κ1) is 46.2. The number of carbonyl (C=O) groups is 1. The SMILES string of the molecule is CC[C@H]1OC(=O)[C@H](C)[C@H]2OC3(CCN(CCc4ccc5ccccc5n4)CC3)O[C@](C)(C[C@@H](C)CN(C)[C@H](C)[C@@H](O)[C@]1(C)O)[C@H](O[C@@H]1O[C@H](C)C[C@H](N(C)C)[C@H]1O)[C@H]2C. The topological polar surface area (TPSA) is 147 Å². The van der Waals surface area contributed by atoms with Gasteiger partial charge in [0.1, 0.15) is 23.9 Å². The van der Waals surface area contributed by atoms with Crippen LogP contribution >= 0.6 is 0 Å². The molecule has 14 atom stereocenters. The average molecular weight is 827 g/mol. The number of pyridine rings is 1. The van der Waals surface area contributed by atoms with E-state index in [9.17, 15) is 20.1 Å². The van der Waals surface area contributed by atoms with Crippen molar-refractivity contribution in [2.75, 3.05) is 47.3 Å². The van der Waals surface area contributed by atoms with Crippen molar-refractivity contribution >= 4 is 16.9 Å². The van der Waals surface area contributed by atoms with Crippen LogP contribution in [0.5, 0.6) is 0 Å². The normalized spacial score (nSPS) is 40.8. The number of nitrogens with zero attached hydrogens (tertiary/aromatic N) is 4. The van der Waals surface area contributed by atoms with Gasteiger partial charge in [0.05, 0.1) is 35.3 Å². The highest BCUT2D eigenvalue weighted by Crippen LogP contribution is 2.48. The van der Waals surface area contributed by atoms with Crippen LogP contribution in [0.4, 0.5) is 0 Å². The number of likely N-dealkylation sites (tertiary alicyclic amines) is 1. The Labute approximate surface area is 352 Å². The summed E-state index contributed by atoms with van der Waals surface area (Å²) in [5.41, 5.74) is -0.633. The van der Waals surface area contributed by atoms with Gasteiger partial charge in [0.15, 0.2) is 12.1 Å². The van der Waals surface area contributed by atoms with Gasteiger partial charge < -0.3 is 53.7 Å². The van der Waals surface area contributed by atoms with Crippen LogP contribution < -0.4 is 0 Å². The van der Waals surface area contributed by atoms with E-state index in [1.54, 1.807) is 6.92 Å². The Balaban J connectivity index is 1.35. The van der Waals surface area contributed by atoms with Crippen molar-refractivity contribution in [2.24, 2.45) is 17.8 Å². The Morgan fingerprint density at radius 1 is 1.02 bits per heavy atom. The summed E-state index contributed by atoms with van der Waals surface area (Å²) in [5.74, 6) is -2.78. The number of rotatable bonds is 7. The standard InChI is InChI=1S/C46H74N4O9/c1-12-37-45(8,54)40(52)32(6)49(11)27-28(2)26-44(7)41(57-43-38(51)36(48(9)10)25-29(3)55-43)30(4)39(31(5)42(53)56-37)58-46(59-44)20-23-50(24-21-46)22-19-34-18-17-33-15-13-14-16-35(33)47-34/h13-18,28-32,36-41,43,51-52,54H,12,19-27H2,1-11H3/t28-,29-,30+,31-,32-,36+,37-,38-,39+,40-,41-,43+,44-,45-/m1/s1. The van der Waals surface area contributed by atoms with Crippen LogP contribution in [0.3, 0.4) is 0 Å². The molecule has 6 rings (SSSR count). The average Bonchev–Trinajstić information content (AvgIpc) is 3.27. The minimum Gasteiger partial charge on any atom is -0.459 e. The molecule has 4 aliphatic heterocycles. The maximum absolute atomic E-state index is 14.4. The number of fused-ring (bicyclic) bond motifs is 4. The number of carbonyl (C=O) groups excluding carboxylic acids is 1. The van der Waals surface area contributed by atoms with Crippen LogP contribution in [0, 0.1) is 17.8 Å². The van der Waals surface area contributed by atoms with E-state index in [1.165, 1.54) is 0 Å². The molecular weight excluding hydrogens is 753 g/mol. The Morgan fingerprint density at radius 2 is 1.71 bits per heavy atom. The zero-order valence-corrected chi connectivity index (χ0v) is 37.5. The smallest absolute Gasteiger partial charge is 0.311 e. The molecule has 1 spiro atoms. The van der Waals surface area contributed by atoms with Gasteiger partial charge in [0.25, 0.3) is 0 Å². The van der Waals surface area contributed by atoms with Crippen LogP contribution in [0.1, 0.15) is 93.2 Å². The van der Waals surface area contributed by atoms with E-state index in [1.807, 2.05) is 78.9 Å². The fraction of sp³-hybridized carbons (Fsp3) is 0.783. The number of aliphatic hydroxyl groups is 3. The molecule has 0 saturated carbocycles. The van der Waals surface area contributed by atoms with E-state index in [0.717, 1.165) is 42.7 Å². The zero-order valence-electron chi connectivity index (χ0n) is 37.5. The van der Waals surface area contributed by atoms with Gasteiger partial charge in [-0.25, -0.2) is 0 Å². The summed E-state index contributed by atoms with van der Waals surface area (Å²) >= 11 is 0. The van der Waals surface area contributed by atoms with Gasteiger partial charge in [-0.15, -0.1) is 0 Å². The Kier molecular flexibility index (Phi) is 14.6. The predicted molar refractivity (Wildman–Crippen MR) is 227 cm³/mol. The quantitative estimate of drug-likeness (QED) is 0.334. The molecule has 2 bridgehead atoms. The minimum absolute atomic E-state index is 0.0269. The van der Waals surface area contributed by atoms with Crippen molar-refractivity contribution in [3.8, 4) is 0 Å². The van der Waals surface area contributed by atoms with E-state index in [-0.39, 0.29) is 18.1 Å². The monoisotopic (exact) mass is 827 g/mol. The third-order valence-electron chi connectivity index (χ3n) is 14.1. The highest BCUT2D eigenvalue weighted by atomic mass is 16.7. The van der Waals surface area contributed by atoms with Crippen molar-refractivity contribution < 1.29 is 43.8 Å². The van der Waals surface area contributed by atoms with Gasteiger partial charge in [-0.2, -0.15) is 0 Å². The van der Waals surface area contributed by atoms with Crippen molar-refractivity contribution in [1.29, 1.82) is 0 Å². The molecular formula is C46H74N4O9. The molecule has 5 heterocycles. The van der Waals surface area contributed by atoms with E-state index in [2.05, 4.69) is 41.8 Å². The van der Waals surface area contributed by atoms with Gasteiger partial charge in [-0.1, -0.05) is 45.0 Å². The van der Waals surface area contributed by atoms with Crippen molar-refractivity contribution in [1.82, 2.24) is 19.7 Å². The number of para-hydroxylation sites is 1. The van der Waals surface area contributed by atoms with E-state index in [0.29, 0.717) is 38.6 Å². The highest BCUT2D eigenvalue weighted by molar-refractivity contribution is 5.78. The van der Waals surface area contributed by atoms with Crippen molar-refractivity contribution in [3.05, 3.63) is 42.1 Å². The highest BCUT2D eigenvalue weighted by Gasteiger charge is 2.58. The van der Waals surface area contributed by atoms with E-state index in [4.69, 9.17) is 28.7 Å². The first-order valence-electron chi connectivity index (χ1n) is 22.2. The third kappa shape index (κ3) is 10.0. The molecule has 3 N–H and O–H groups in total. The molecule has 1 aromatic carbocycles. The number of cyclic esters (lactones) is 1. The van der Waals surface area contributed by atoms with Crippen LogP contribution in [0.15, 0.2) is 36.4 Å². The molecule has 59 heavy (non-hydrogen) atoms. The number of aromatic nitrogens is 1. The number of piperidine rings is 1. The lowest BCUT2D eigenvalue weighted by Crippen LogP contribution is -2.60. The van der Waals surface area contributed by atoms with Gasteiger partial charge in [-0.05, 0) is 93.1 Å². The fourth-order valence-corrected chi connectivity index (χ4v) is 10.6. The molecule has 2 aromatic rings. The van der Waals surface area contributed by atoms with Crippen LogP contribution in [-0.2, 0) is 34.9 Å². The summed E-state index contributed by atoms with van der Waals surface area (Å²) < 4.78 is 34.4. The Bertz CT molecular complexity index is 1710. The second kappa shape index (κ2) is 18.6. The molecule has 13 nitrogen and oxygen atoms in total. The van der Waals surface area contributed by atoms with Crippen LogP contribution in [0.25, 0.3) is 10.9 Å². The number of ether oxygens (including phenoxy) is 5. The lowest BCUT2D eigenvalue weighted by atomic mass is 9.78. The Hall–Kier alpha value is -2.30. The molecule has 0 unspecified atom stereocenters. The van der Waals surface area contributed by atoms with Gasteiger partial charge in [-0.3, -0.25) is 9.78 Å². The lowest BCUT2D eigenvalue weighted by Gasteiger charge is -2.49. The number of esters is 1. The summed E-state index contributed by atoms with van der Waals surface area (Å²) in [6, 6.07) is 11.8. The number of aliphatic hydroxyl groups excluding tert-OH is 2. The molecule has 4 aliphatic rings. The maximum atomic E-state index is 14.4. The molecule has 0 amide bonds. The number of hydrogen-bond acceptors (Lipinski definition) is 13. The van der Waals surface area contributed by atoms with Crippen molar-refractivity contribution in [3.63, 3.8) is 0 Å². The maximum Gasteiger partial charge on any atom is 0.311 e. The molecule has 1 aromatic heterocycles. The molecule has 0 aliphatic carbocycles. The molecule has 332 valence electrons. The first-order chi connectivity index (χ1) is 27.8. The van der Waals surface area contributed by atoms with E-state index < -0.39 is 77.6 Å².